The second-order valence-corrected chi connectivity index (χ2v) is 5.52. The average Bonchev–Trinajstić information content (AvgIpc) is 2.62. The van der Waals surface area contributed by atoms with Crippen LogP contribution in [0.2, 0.25) is 0 Å². The molecule has 0 aliphatic rings. The zero-order valence-electron chi connectivity index (χ0n) is 13.4. The Balaban J connectivity index is 1.72. The molecule has 0 spiro atoms. The fourth-order valence-corrected chi connectivity index (χ4v) is 2.53. The highest BCUT2D eigenvalue weighted by atomic mass is 16.2. The van der Waals surface area contributed by atoms with Crippen molar-refractivity contribution in [1.82, 2.24) is 5.43 Å². The quantitative estimate of drug-likeness (QED) is 0.552. The van der Waals surface area contributed by atoms with Gasteiger partial charge in [0.15, 0.2) is 0 Å². The molecule has 0 unspecified atom stereocenters. The number of hydrogen-bond acceptors (Lipinski definition) is 2. The molecule has 0 aromatic heterocycles. The van der Waals surface area contributed by atoms with Crippen LogP contribution < -0.4 is 5.43 Å². The first-order chi connectivity index (χ1) is 11.7. The molecule has 0 aliphatic carbocycles. The van der Waals surface area contributed by atoms with E-state index in [0.29, 0.717) is 5.56 Å². The fraction of sp³-hybridized carbons (Fsp3) is 0.0476. The Morgan fingerprint density at radius 2 is 1.62 bits per heavy atom. The van der Waals surface area contributed by atoms with E-state index >= 15 is 0 Å². The van der Waals surface area contributed by atoms with Gasteiger partial charge in [0.2, 0.25) is 0 Å². The van der Waals surface area contributed by atoms with E-state index in [9.17, 15) is 4.79 Å². The molecule has 0 fully saturated rings. The minimum Gasteiger partial charge on any atom is -0.267 e. The van der Waals surface area contributed by atoms with E-state index in [-0.39, 0.29) is 5.91 Å². The molecule has 0 heterocycles. The molecule has 3 rings (SSSR count). The molecule has 0 bridgehead atoms. The summed E-state index contributed by atoms with van der Waals surface area (Å²) < 4.78 is 0. The van der Waals surface area contributed by atoms with E-state index in [1.807, 2.05) is 79.7 Å². The zero-order valence-corrected chi connectivity index (χ0v) is 13.4. The van der Waals surface area contributed by atoms with Crippen molar-refractivity contribution < 1.29 is 4.79 Å². The predicted octanol–water partition coefficient (Wildman–Crippen LogP) is 4.66. The summed E-state index contributed by atoms with van der Waals surface area (Å²) in [6, 6.07) is 23.5. The predicted molar refractivity (Wildman–Crippen MR) is 100.0 cm³/mol. The molecule has 118 valence electrons. The number of allylic oxidation sites excluding steroid dienone is 1. The average molecular weight is 314 g/mol. The van der Waals surface area contributed by atoms with Gasteiger partial charge in [0.1, 0.15) is 0 Å². The van der Waals surface area contributed by atoms with Crippen LogP contribution in [0.5, 0.6) is 0 Å². The number of amides is 1. The van der Waals surface area contributed by atoms with Gasteiger partial charge in [0.05, 0.1) is 6.21 Å². The van der Waals surface area contributed by atoms with Gasteiger partial charge in [0.25, 0.3) is 5.91 Å². The lowest BCUT2D eigenvalue weighted by molar-refractivity contribution is 0.0957. The topological polar surface area (TPSA) is 41.5 Å². The summed E-state index contributed by atoms with van der Waals surface area (Å²) in [4.78, 5) is 12.4. The molecule has 0 radical (unpaired) electrons. The molecule has 0 saturated carbocycles. The largest absolute Gasteiger partial charge is 0.271 e. The maximum Gasteiger partial charge on any atom is 0.271 e. The van der Waals surface area contributed by atoms with Gasteiger partial charge in [-0.1, -0.05) is 72.8 Å². The van der Waals surface area contributed by atoms with Gasteiger partial charge in [-0.05, 0) is 34.9 Å². The van der Waals surface area contributed by atoms with Gasteiger partial charge in [-0.2, -0.15) is 5.10 Å². The number of benzene rings is 3. The van der Waals surface area contributed by atoms with Crippen molar-refractivity contribution in [1.29, 1.82) is 0 Å². The monoisotopic (exact) mass is 314 g/mol. The zero-order chi connectivity index (χ0) is 16.8. The van der Waals surface area contributed by atoms with Gasteiger partial charge in [0, 0.05) is 5.56 Å². The lowest BCUT2D eigenvalue weighted by atomic mass is 10.0. The van der Waals surface area contributed by atoms with Gasteiger partial charge in [-0.25, -0.2) is 5.43 Å². The highest BCUT2D eigenvalue weighted by Crippen LogP contribution is 2.18. The molecule has 0 saturated heterocycles. The molecule has 0 aliphatic heterocycles. The minimum absolute atomic E-state index is 0.212. The lowest BCUT2D eigenvalue weighted by Crippen LogP contribution is -2.17. The third-order valence-electron chi connectivity index (χ3n) is 3.66. The summed E-state index contributed by atoms with van der Waals surface area (Å²) in [7, 11) is 0. The standard InChI is InChI=1S/C21H18N2O/c1-16(14-17-8-3-2-4-9-17)15-22-23-21(24)20-13-7-11-18-10-5-6-12-19(18)20/h2-15H,1H3,(H,23,24). The Kier molecular flexibility index (Phi) is 4.82. The molecular formula is C21H18N2O. The Labute approximate surface area is 141 Å². The van der Waals surface area contributed by atoms with Crippen molar-refractivity contribution in [3.05, 3.63) is 89.5 Å². The lowest BCUT2D eigenvalue weighted by Gasteiger charge is -2.04. The van der Waals surface area contributed by atoms with Gasteiger partial charge < -0.3 is 0 Å². The second-order valence-electron chi connectivity index (χ2n) is 5.52. The minimum atomic E-state index is -0.212. The normalized spacial score (nSPS) is 11.8. The highest BCUT2D eigenvalue weighted by molar-refractivity contribution is 6.07. The number of hydrazone groups is 1. The number of carbonyl (C=O) groups is 1. The van der Waals surface area contributed by atoms with Crippen LogP contribution in [0.3, 0.4) is 0 Å². The number of nitrogens with zero attached hydrogens (tertiary/aromatic N) is 1. The van der Waals surface area contributed by atoms with Gasteiger partial charge in [-0.3, -0.25) is 4.79 Å². The third-order valence-corrected chi connectivity index (χ3v) is 3.66. The van der Waals surface area contributed by atoms with Crippen LogP contribution in [0, 0.1) is 0 Å². The van der Waals surface area contributed by atoms with Gasteiger partial charge >= 0.3 is 0 Å². The number of hydrogen-bond donors (Lipinski definition) is 1. The number of nitrogens with one attached hydrogen (secondary N) is 1. The van der Waals surface area contributed by atoms with Crippen LogP contribution >= 0.6 is 0 Å². The first kappa shape index (κ1) is 15.7. The van der Waals surface area contributed by atoms with Crippen LogP contribution in [0.25, 0.3) is 16.8 Å². The van der Waals surface area contributed by atoms with Crippen molar-refractivity contribution in [3.63, 3.8) is 0 Å². The molecule has 1 amide bonds. The molecule has 0 atom stereocenters. The van der Waals surface area contributed by atoms with Crippen molar-refractivity contribution in [3.8, 4) is 0 Å². The van der Waals surface area contributed by atoms with E-state index in [2.05, 4.69) is 10.5 Å². The summed E-state index contributed by atoms with van der Waals surface area (Å²) >= 11 is 0. The van der Waals surface area contributed by atoms with Gasteiger partial charge in [-0.15, -0.1) is 0 Å². The van der Waals surface area contributed by atoms with E-state index in [0.717, 1.165) is 21.9 Å². The third kappa shape index (κ3) is 3.76. The molecule has 3 nitrogen and oxygen atoms in total. The molecule has 1 N–H and O–H groups in total. The van der Waals surface area contributed by atoms with Crippen LogP contribution in [0.1, 0.15) is 22.8 Å². The Morgan fingerprint density at radius 1 is 0.917 bits per heavy atom. The second kappa shape index (κ2) is 7.38. The molecule has 3 heteroatoms. The highest BCUT2D eigenvalue weighted by Gasteiger charge is 2.08. The van der Waals surface area contributed by atoms with E-state index < -0.39 is 0 Å². The first-order valence-corrected chi connectivity index (χ1v) is 7.78. The molecular weight excluding hydrogens is 296 g/mol. The summed E-state index contributed by atoms with van der Waals surface area (Å²) in [5.41, 5.74) is 5.27. The summed E-state index contributed by atoms with van der Waals surface area (Å²) in [5.74, 6) is -0.212. The summed E-state index contributed by atoms with van der Waals surface area (Å²) in [6.07, 6.45) is 3.66. The Bertz CT molecular complexity index is 906. The van der Waals surface area contributed by atoms with E-state index in [1.54, 1.807) is 12.3 Å². The SMILES string of the molecule is CC(C=NNC(=O)c1cccc2ccccc12)=Cc1ccccc1. The number of rotatable bonds is 4. The van der Waals surface area contributed by atoms with Crippen molar-refractivity contribution >= 4 is 29.0 Å². The molecule has 3 aromatic carbocycles. The number of fused-ring (bicyclic) bond motifs is 1. The number of carbonyl (C=O) groups excluding carboxylic acids is 1. The maximum atomic E-state index is 12.4. The van der Waals surface area contributed by atoms with E-state index in [1.165, 1.54) is 0 Å². The Hall–Kier alpha value is -3.20. The molecule has 24 heavy (non-hydrogen) atoms. The first-order valence-electron chi connectivity index (χ1n) is 7.78. The van der Waals surface area contributed by atoms with Crippen molar-refractivity contribution in [2.45, 2.75) is 6.92 Å². The van der Waals surface area contributed by atoms with E-state index in [4.69, 9.17) is 0 Å². The summed E-state index contributed by atoms with van der Waals surface area (Å²) in [5, 5.41) is 6.01. The molecule has 3 aromatic rings. The fourth-order valence-electron chi connectivity index (χ4n) is 2.53. The van der Waals surface area contributed by atoms with Crippen LogP contribution in [-0.4, -0.2) is 12.1 Å². The summed E-state index contributed by atoms with van der Waals surface area (Å²) in [6.45, 7) is 1.95. The van der Waals surface area contributed by atoms with Crippen LogP contribution in [0.4, 0.5) is 0 Å². The maximum absolute atomic E-state index is 12.4. The van der Waals surface area contributed by atoms with Crippen molar-refractivity contribution in [2.24, 2.45) is 5.10 Å². The smallest absolute Gasteiger partial charge is 0.267 e. The van der Waals surface area contributed by atoms with Crippen molar-refractivity contribution in [2.75, 3.05) is 0 Å². The Morgan fingerprint density at radius 3 is 2.46 bits per heavy atom. The van der Waals surface area contributed by atoms with Crippen LogP contribution in [-0.2, 0) is 0 Å². The van der Waals surface area contributed by atoms with Crippen LogP contribution in [0.15, 0.2) is 83.5 Å².